The molecule has 0 aliphatic carbocycles. The van der Waals surface area contributed by atoms with Crippen LogP contribution in [0.2, 0.25) is 0 Å². The van der Waals surface area contributed by atoms with E-state index >= 15 is 0 Å². The molecule has 102 valence electrons. The van der Waals surface area contributed by atoms with Crippen LogP contribution in [-0.2, 0) is 11.8 Å². The zero-order valence-corrected chi connectivity index (χ0v) is 12.0. The fourth-order valence-corrected chi connectivity index (χ4v) is 2.55. The summed E-state index contributed by atoms with van der Waals surface area (Å²) in [7, 11) is 1.83. The Kier molecular flexibility index (Phi) is 3.38. The minimum Gasteiger partial charge on any atom is -0.368 e. The predicted octanol–water partition coefficient (Wildman–Crippen LogP) is 1.27. The van der Waals surface area contributed by atoms with E-state index in [-0.39, 0.29) is 12.0 Å². The van der Waals surface area contributed by atoms with E-state index in [9.17, 15) is 0 Å². The van der Waals surface area contributed by atoms with Gasteiger partial charge in [0.15, 0.2) is 0 Å². The molecule has 0 unspecified atom stereocenters. The van der Waals surface area contributed by atoms with E-state index in [1.165, 1.54) is 0 Å². The summed E-state index contributed by atoms with van der Waals surface area (Å²) in [5.41, 5.74) is 6.51. The molecular weight excluding hydrogens is 314 g/mol. The highest BCUT2D eigenvalue weighted by Crippen LogP contribution is 2.34. The summed E-state index contributed by atoms with van der Waals surface area (Å²) in [6.07, 6.45) is 2.42. The molecule has 0 spiro atoms. The number of ether oxygens (including phenoxy) is 1. The SMILES string of the molecule is Cn1ncc(-c2noc([C@H]3OCC[C@H]3CN)n2)c1Br. The molecule has 0 radical (unpaired) electrons. The van der Waals surface area contributed by atoms with Gasteiger partial charge in [-0.3, -0.25) is 4.68 Å². The van der Waals surface area contributed by atoms with Crippen molar-refractivity contribution in [1.82, 2.24) is 19.9 Å². The Hall–Kier alpha value is -1.25. The largest absolute Gasteiger partial charge is 0.368 e. The van der Waals surface area contributed by atoms with E-state index in [1.54, 1.807) is 10.9 Å². The first-order chi connectivity index (χ1) is 9.20. The molecule has 1 fully saturated rings. The molecule has 1 aliphatic heterocycles. The molecule has 2 N–H and O–H groups in total. The number of aryl methyl sites for hydroxylation is 1. The van der Waals surface area contributed by atoms with E-state index in [0.29, 0.717) is 24.9 Å². The highest BCUT2D eigenvalue weighted by molar-refractivity contribution is 9.10. The van der Waals surface area contributed by atoms with E-state index in [0.717, 1.165) is 16.6 Å². The molecule has 7 nitrogen and oxygen atoms in total. The quantitative estimate of drug-likeness (QED) is 0.912. The average molecular weight is 328 g/mol. The summed E-state index contributed by atoms with van der Waals surface area (Å²) >= 11 is 3.43. The van der Waals surface area contributed by atoms with Crippen molar-refractivity contribution in [3.63, 3.8) is 0 Å². The summed E-state index contributed by atoms with van der Waals surface area (Å²) in [4.78, 5) is 4.39. The number of halogens is 1. The van der Waals surface area contributed by atoms with Crippen molar-refractivity contribution in [2.75, 3.05) is 13.2 Å². The molecule has 8 heteroatoms. The summed E-state index contributed by atoms with van der Waals surface area (Å²) in [6.45, 7) is 1.24. The van der Waals surface area contributed by atoms with Crippen molar-refractivity contribution in [2.45, 2.75) is 12.5 Å². The van der Waals surface area contributed by atoms with Gasteiger partial charge in [0.05, 0.1) is 11.8 Å². The highest BCUT2D eigenvalue weighted by Gasteiger charge is 2.33. The Balaban J connectivity index is 1.89. The topological polar surface area (TPSA) is 92.0 Å². The van der Waals surface area contributed by atoms with Gasteiger partial charge in [-0.15, -0.1) is 0 Å². The second-order valence-electron chi connectivity index (χ2n) is 4.50. The molecule has 2 atom stereocenters. The lowest BCUT2D eigenvalue weighted by molar-refractivity contribution is 0.0642. The molecule has 1 saturated heterocycles. The molecule has 3 heterocycles. The van der Waals surface area contributed by atoms with Gasteiger partial charge in [-0.05, 0) is 28.9 Å². The second-order valence-corrected chi connectivity index (χ2v) is 5.26. The Morgan fingerprint density at radius 2 is 2.42 bits per heavy atom. The van der Waals surface area contributed by atoms with Gasteiger partial charge in [0, 0.05) is 19.6 Å². The first-order valence-corrected chi connectivity index (χ1v) is 6.83. The van der Waals surface area contributed by atoms with Crippen LogP contribution < -0.4 is 5.73 Å². The lowest BCUT2D eigenvalue weighted by Gasteiger charge is -2.11. The number of aromatic nitrogens is 4. The van der Waals surface area contributed by atoms with E-state index in [1.807, 2.05) is 7.05 Å². The van der Waals surface area contributed by atoms with Crippen LogP contribution in [0.5, 0.6) is 0 Å². The minimum atomic E-state index is -0.193. The highest BCUT2D eigenvalue weighted by atomic mass is 79.9. The number of nitrogens with zero attached hydrogens (tertiary/aromatic N) is 4. The fraction of sp³-hybridized carbons (Fsp3) is 0.545. The van der Waals surface area contributed by atoms with Crippen LogP contribution in [0.15, 0.2) is 15.3 Å². The van der Waals surface area contributed by atoms with Crippen molar-refractivity contribution >= 4 is 15.9 Å². The third-order valence-electron chi connectivity index (χ3n) is 3.31. The van der Waals surface area contributed by atoms with Crippen molar-refractivity contribution < 1.29 is 9.26 Å². The molecular formula is C11H14BrN5O2. The molecule has 1 aliphatic rings. The van der Waals surface area contributed by atoms with Crippen molar-refractivity contribution in [3.05, 3.63) is 16.7 Å². The van der Waals surface area contributed by atoms with Crippen LogP contribution in [0, 0.1) is 5.92 Å². The molecule has 0 aromatic carbocycles. The van der Waals surface area contributed by atoms with E-state index in [2.05, 4.69) is 31.2 Å². The summed E-state index contributed by atoms with van der Waals surface area (Å²) in [5, 5.41) is 8.11. The van der Waals surface area contributed by atoms with Crippen LogP contribution >= 0.6 is 15.9 Å². The predicted molar refractivity (Wildman–Crippen MR) is 70.1 cm³/mol. The molecule has 2 aromatic rings. The van der Waals surface area contributed by atoms with Crippen molar-refractivity contribution in [2.24, 2.45) is 18.7 Å². The number of hydrogen-bond acceptors (Lipinski definition) is 6. The third-order valence-corrected chi connectivity index (χ3v) is 4.25. The van der Waals surface area contributed by atoms with Gasteiger partial charge in [0.25, 0.3) is 5.89 Å². The molecule has 19 heavy (non-hydrogen) atoms. The van der Waals surface area contributed by atoms with E-state index < -0.39 is 0 Å². The number of nitrogens with two attached hydrogens (primary N) is 1. The van der Waals surface area contributed by atoms with Gasteiger partial charge in [0.2, 0.25) is 5.82 Å². The fourth-order valence-electron chi connectivity index (χ4n) is 2.18. The average Bonchev–Trinajstić information content (AvgIpc) is 3.10. The first kappa shape index (κ1) is 12.8. The maximum atomic E-state index is 5.72. The monoisotopic (exact) mass is 327 g/mol. The summed E-state index contributed by atoms with van der Waals surface area (Å²) in [6, 6.07) is 0. The van der Waals surface area contributed by atoms with Gasteiger partial charge in [-0.1, -0.05) is 5.16 Å². The Bertz CT molecular complexity index is 581. The molecule has 2 aromatic heterocycles. The van der Waals surface area contributed by atoms with Crippen LogP contribution in [0.4, 0.5) is 0 Å². The normalized spacial score (nSPS) is 23.1. The number of hydrogen-bond donors (Lipinski definition) is 1. The van der Waals surface area contributed by atoms with Gasteiger partial charge < -0.3 is 15.0 Å². The van der Waals surface area contributed by atoms with Gasteiger partial charge in [-0.25, -0.2) is 0 Å². The van der Waals surface area contributed by atoms with Crippen molar-refractivity contribution in [1.29, 1.82) is 0 Å². The minimum absolute atomic E-state index is 0.193. The zero-order valence-electron chi connectivity index (χ0n) is 10.4. The van der Waals surface area contributed by atoms with Gasteiger partial charge >= 0.3 is 0 Å². The number of rotatable bonds is 3. The van der Waals surface area contributed by atoms with Gasteiger partial charge in [-0.2, -0.15) is 10.1 Å². The Morgan fingerprint density at radius 3 is 3.11 bits per heavy atom. The first-order valence-electron chi connectivity index (χ1n) is 6.04. The van der Waals surface area contributed by atoms with Crippen LogP contribution in [0.3, 0.4) is 0 Å². The summed E-state index contributed by atoms with van der Waals surface area (Å²) < 4.78 is 13.4. The maximum Gasteiger partial charge on any atom is 0.256 e. The maximum absolute atomic E-state index is 5.72. The summed E-state index contributed by atoms with van der Waals surface area (Å²) in [5.74, 6) is 1.23. The van der Waals surface area contributed by atoms with Crippen molar-refractivity contribution in [3.8, 4) is 11.4 Å². The lowest BCUT2D eigenvalue weighted by atomic mass is 10.0. The van der Waals surface area contributed by atoms with Crippen LogP contribution in [-0.4, -0.2) is 33.1 Å². The zero-order chi connectivity index (χ0) is 13.4. The van der Waals surface area contributed by atoms with Crippen LogP contribution in [0.25, 0.3) is 11.4 Å². The lowest BCUT2D eigenvalue weighted by Crippen LogP contribution is -2.18. The molecule has 3 rings (SSSR count). The smallest absolute Gasteiger partial charge is 0.256 e. The van der Waals surface area contributed by atoms with Gasteiger partial charge in [0.1, 0.15) is 10.7 Å². The Morgan fingerprint density at radius 1 is 1.58 bits per heavy atom. The van der Waals surface area contributed by atoms with E-state index in [4.69, 9.17) is 15.0 Å². The Labute approximate surface area is 118 Å². The molecule has 0 amide bonds. The van der Waals surface area contributed by atoms with Crippen LogP contribution in [0.1, 0.15) is 18.4 Å². The molecule has 0 bridgehead atoms. The third kappa shape index (κ3) is 2.19. The molecule has 0 saturated carbocycles. The second kappa shape index (κ2) is 5.03. The standard InChI is InChI=1S/C11H14BrN5O2/c1-17-9(12)7(5-14-17)10-15-11(19-16-10)8-6(4-13)2-3-18-8/h5-6,8H,2-4,13H2,1H3/t6-,8-/m0/s1.